The van der Waals surface area contributed by atoms with Gasteiger partial charge in [-0.3, -0.25) is 0 Å². The van der Waals surface area contributed by atoms with Crippen molar-refractivity contribution in [2.24, 2.45) is 11.8 Å². The number of nitrogens with one attached hydrogen (secondary N) is 1. The van der Waals surface area contributed by atoms with Crippen LogP contribution < -0.4 is 5.32 Å². The Morgan fingerprint density at radius 3 is 2.60 bits per heavy atom. The number of rotatable bonds is 5. The molecule has 1 aliphatic carbocycles. The first kappa shape index (κ1) is 15.5. The van der Waals surface area contributed by atoms with Crippen molar-refractivity contribution in [2.75, 3.05) is 6.54 Å². The largest absolute Gasteiger partial charge is 0.314 e. The predicted octanol–water partition coefficient (Wildman–Crippen LogP) is 4.48. The van der Waals surface area contributed by atoms with Gasteiger partial charge in [0.15, 0.2) is 0 Å². The van der Waals surface area contributed by atoms with E-state index in [1.165, 1.54) is 36.8 Å². The maximum absolute atomic E-state index is 13.4. The molecule has 2 atom stereocenters. The van der Waals surface area contributed by atoms with Crippen LogP contribution in [-0.4, -0.2) is 12.6 Å². The van der Waals surface area contributed by atoms with Gasteiger partial charge in [0, 0.05) is 6.04 Å². The summed E-state index contributed by atoms with van der Waals surface area (Å²) < 4.78 is 13.4. The summed E-state index contributed by atoms with van der Waals surface area (Å²) in [4.78, 5) is 0. The van der Waals surface area contributed by atoms with Crippen LogP contribution in [0.2, 0.25) is 0 Å². The van der Waals surface area contributed by atoms with Gasteiger partial charge in [0.25, 0.3) is 0 Å². The highest BCUT2D eigenvalue weighted by molar-refractivity contribution is 5.27. The number of hydrogen-bond donors (Lipinski definition) is 1. The molecule has 1 aromatic rings. The van der Waals surface area contributed by atoms with Gasteiger partial charge in [0.1, 0.15) is 5.82 Å². The highest BCUT2D eigenvalue weighted by Crippen LogP contribution is 2.33. The molecule has 1 saturated carbocycles. The van der Waals surface area contributed by atoms with Gasteiger partial charge in [0.05, 0.1) is 0 Å². The third-order valence-corrected chi connectivity index (χ3v) is 4.65. The molecule has 1 nitrogen and oxygen atoms in total. The first-order valence-corrected chi connectivity index (χ1v) is 8.04. The summed E-state index contributed by atoms with van der Waals surface area (Å²) in [6, 6.07) is 5.76. The smallest absolute Gasteiger partial charge is 0.123 e. The summed E-state index contributed by atoms with van der Waals surface area (Å²) in [7, 11) is 0. The van der Waals surface area contributed by atoms with Crippen LogP contribution in [0.25, 0.3) is 0 Å². The zero-order valence-corrected chi connectivity index (χ0v) is 13.1. The van der Waals surface area contributed by atoms with Crippen molar-refractivity contribution in [3.8, 4) is 0 Å². The predicted molar refractivity (Wildman–Crippen MR) is 83.4 cm³/mol. The van der Waals surface area contributed by atoms with Crippen LogP contribution in [0.1, 0.15) is 50.7 Å². The normalized spacial score (nSPS) is 23.2. The Morgan fingerprint density at radius 1 is 1.20 bits per heavy atom. The zero-order chi connectivity index (χ0) is 14.5. The molecule has 112 valence electrons. The minimum Gasteiger partial charge on any atom is -0.314 e. The Bertz CT molecular complexity index is 427. The van der Waals surface area contributed by atoms with E-state index in [4.69, 9.17) is 0 Å². The third kappa shape index (κ3) is 4.31. The van der Waals surface area contributed by atoms with Crippen molar-refractivity contribution in [1.29, 1.82) is 0 Å². The number of aryl methyl sites for hydroxylation is 1. The van der Waals surface area contributed by atoms with Crippen LogP contribution in [0.3, 0.4) is 0 Å². The lowest BCUT2D eigenvalue weighted by Gasteiger charge is -2.33. The van der Waals surface area contributed by atoms with Gasteiger partial charge in [0.2, 0.25) is 0 Å². The molecule has 0 aliphatic heterocycles. The second kappa shape index (κ2) is 7.21. The van der Waals surface area contributed by atoms with E-state index in [2.05, 4.69) is 26.1 Å². The SMILES string of the molecule is Cc1ccc(F)cc1CC1CCCCC1CNC(C)C. The summed E-state index contributed by atoms with van der Waals surface area (Å²) in [5, 5.41) is 3.58. The minimum absolute atomic E-state index is 0.0988. The van der Waals surface area contributed by atoms with Crippen molar-refractivity contribution in [3.05, 3.63) is 35.1 Å². The van der Waals surface area contributed by atoms with Gasteiger partial charge < -0.3 is 5.32 Å². The maximum atomic E-state index is 13.4. The quantitative estimate of drug-likeness (QED) is 0.836. The molecule has 1 fully saturated rings. The average molecular weight is 277 g/mol. The van der Waals surface area contributed by atoms with E-state index in [0.29, 0.717) is 12.0 Å². The second-order valence-electron chi connectivity index (χ2n) is 6.64. The summed E-state index contributed by atoms with van der Waals surface area (Å²) in [6.45, 7) is 7.61. The highest BCUT2D eigenvalue weighted by Gasteiger charge is 2.25. The molecule has 1 N–H and O–H groups in total. The van der Waals surface area contributed by atoms with Crippen molar-refractivity contribution in [3.63, 3.8) is 0 Å². The average Bonchev–Trinajstić information content (AvgIpc) is 2.42. The fourth-order valence-electron chi connectivity index (χ4n) is 3.35. The van der Waals surface area contributed by atoms with Gasteiger partial charge in [-0.25, -0.2) is 4.39 Å². The highest BCUT2D eigenvalue weighted by atomic mass is 19.1. The van der Waals surface area contributed by atoms with Crippen LogP contribution in [0.5, 0.6) is 0 Å². The second-order valence-corrected chi connectivity index (χ2v) is 6.64. The van der Waals surface area contributed by atoms with Crippen molar-refractivity contribution in [1.82, 2.24) is 5.32 Å². The van der Waals surface area contributed by atoms with E-state index in [0.717, 1.165) is 18.9 Å². The van der Waals surface area contributed by atoms with E-state index in [9.17, 15) is 4.39 Å². The molecule has 0 heterocycles. The van der Waals surface area contributed by atoms with Gasteiger partial charge in [-0.1, -0.05) is 32.8 Å². The van der Waals surface area contributed by atoms with E-state index in [1.54, 1.807) is 12.1 Å². The molecule has 2 rings (SSSR count). The van der Waals surface area contributed by atoms with Crippen LogP contribution in [0, 0.1) is 24.6 Å². The van der Waals surface area contributed by atoms with E-state index in [-0.39, 0.29) is 5.82 Å². The van der Waals surface area contributed by atoms with Crippen molar-refractivity contribution < 1.29 is 4.39 Å². The minimum atomic E-state index is -0.0988. The topological polar surface area (TPSA) is 12.0 Å². The van der Waals surface area contributed by atoms with Gasteiger partial charge in [-0.15, -0.1) is 0 Å². The Balaban J connectivity index is 2.02. The summed E-state index contributed by atoms with van der Waals surface area (Å²) >= 11 is 0. The third-order valence-electron chi connectivity index (χ3n) is 4.65. The van der Waals surface area contributed by atoms with Crippen LogP contribution in [-0.2, 0) is 6.42 Å². The molecule has 20 heavy (non-hydrogen) atoms. The molecule has 0 amide bonds. The zero-order valence-electron chi connectivity index (χ0n) is 13.1. The standard InChI is InChI=1S/C18H28FN/c1-13(2)20-12-16-7-5-4-6-15(16)10-17-11-18(19)9-8-14(17)3/h8-9,11,13,15-16,20H,4-7,10,12H2,1-3H3. The maximum Gasteiger partial charge on any atom is 0.123 e. The molecule has 2 unspecified atom stereocenters. The molecule has 0 spiro atoms. The Kier molecular flexibility index (Phi) is 5.59. The number of hydrogen-bond acceptors (Lipinski definition) is 1. The van der Waals surface area contributed by atoms with Gasteiger partial charge in [-0.2, -0.15) is 0 Å². The van der Waals surface area contributed by atoms with Crippen LogP contribution in [0.15, 0.2) is 18.2 Å². The first-order chi connectivity index (χ1) is 9.56. The Hall–Kier alpha value is -0.890. The molecular weight excluding hydrogens is 249 g/mol. The summed E-state index contributed by atoms with van der Waals surface area (Å²) in [5.41, 5.74) is 2.43. The monoisotopic (exact) mass is 277 g/mol. The Morgan fingerprint density at radius 2 is 1.90 bits per heavy atom. The lowest BCUT2D eigenvalue weighted by Crippen LogP contribution is -2.35. The molecular formula is C18H28FN. The molecule has 2 heteroatoms. The van der Waals surface area contributed by atoms with E-state index < -0.39 is 0 Å². The fraction of sp³-hybridized carbons (Fsp3) is 0.667. The summed E-state index contributed by atoms with van der Waals surface area (Å²) in [6.07, 6.45) is 6.33. The number of benzene rings is 1. The Labute approximate surface area is 123 Å². The lowest BCUT2D eigenvalue weighted by atomic mass is 9.75. The van der Waals surface area contributed by atoms with Gasteiger partial charge >= 0.3 is 0 Å². The van der Waals surface area contributed by atoms with Crippen LogP contribution in [0.4, 0.5) is 4.39 Å². The number of halogens is 1. The van der Waals surface area contributed by atoms with E-state index >= 15 is 0 Å². The molecule has 0 radical (unpaired) electrons. The molecule has 1 aromatic carbocycles. The van der Waals surface area contributed by atoms with E-state index in [1.807, 2.05) is 6.07 Å². The summed E-state index contributed by atoms with van der Waals surface area (Å²) in [5.74, 6) is 1.35. The van der Waals surface area contributed by atoms with Crippen molar-refractivity contribution >= 4 is 0 Å². The molecule has 0 saturated heterocycles. The molecule has 0 aromatic heterocycles. The lowest BCUT2D eigenvalue weighted by molar-refractivity contribution is 0.224. The first-order valence-electron chi connectivity index (χ1n) is 8.04. The molecule has 1 aliphatic rings. The van der Waals surface area contributed by atoms with Crippen molar-refractivity contribution in [2.45, 2.75) is 58.9 Å². The fourth-order valence-corrected chi connectivity index (χ4v) is 3.35. The van der Waals surface area contributed by atoms with Crippen LogP contribution >= 0.6 is 0 Å². The van der Waals surface area contributed by atoms with Gasteiger partial charge in [-0.05, 0) is 67.8 Å². The molecule has 0 bridgehead atoms.